The normalized spacial score (nSPS) is 11.8. The zero-order valence-corrected chi connectivity index (χ0v) is 23.0. The zero-order chi connectivity index (χ0) is 26.3. The van der Waals surface area contributed by atoms with Crippen LogP contribution in [0, 0.1) is 0 Å². The Hall–Kier alpha value is -3.07. The minimum absolute atomic E-state index is 0.225. The first-order valence-corrected chi connectivity index (χ1v) is 14.3. The quantitative estimate of drug-likeness (QED) is 0.111. The molecule has 1 atom stereocenters. The van der Waals surface area contributed by atoms with Gasteiger partial charge in [0.05, 0.1) is 11.7 Å². The van der Waals surface area contributed by atoms with E-state index in [1.807, 2.05) is 60.7 Å². The van der Waals surface area contributed by atoms with Crippen LogP contribution in [-0.4, -0.2) is 12.1 Å². The largest absolute Gasteiger partial charge is 0.491 e. The van der Waals surface area contributed by atoms with Crippen LogP contribution < -0.4 is 9.47 Å². The van der Waals surface area contributed by atoms with E-state index < -0.39 is 0 Å². The summed E-state index contributed by atoms with van der Waals surface area (Å²) in [6, 6.07) is 23.7. The lowest BCUT2D eigenvalue weighted by molar-refractivity contribution is 0.0734. The van der Waals surface area contributed by atoms with Crippen molar-refractivity contribution in [2.75, 3.05) is 0 Å². The number of carbonyl (C=O) groups is 1. The summed E-state index contributed by atoms with van der Waals surface area (Å²) in [5.41, 5.74) is 4.03. The van der Waals surface area contributed by atoms with Gasteiger partial charge < -0.3 is 9.47 Å². The van der Waals surface area contributed by atoms with Crippen molar-refractivity contribution in [2.24, 2.45) is 0 Å². The Kier molecular flexibility index (Phi) is 12.3. The van der Waals surface area contributed by atoms with Gasteiger partial charge in [-0.2, -0.15) is 0 Å². The van der Waals surface area contributed by atoms with Gasteiger partial charge >= 0.3 is 5.97 Å². The van der Waals surface area contributed by atoms with Crippen LogP contribution in [-0.2, 0) is 6.42 Å². The van der Waals surface area contributed by atoms with Crippen molar-refractivity contribution in [2.45, 2.75) is 97.5 Å². The maximum atomic E-state index is 12.6. The molecule has 0 N–H and O–H groups in total. The van der Waals surface area contributed by atoms with Gasteiger partial charge in [-0.05, 0) is 85.7 Å². The van der Waals surface area contributed by atoms with Crippen molar-refractivity contribution >= 4 is 5.97 Å². The van der Waals surface area contributed by atoms with E-state index in [1.54, 1.807) is 0 Å². The number of esters is 1. The van der Waals surface area contributed by atoms with E-state index in [4.69, 9.17) is 9.47 Å². The van der Waals surface area contributed by atoms with Gasteiger partial charge in [0.15, 0.2) is 0 Å². The fraction of sp³-hybridized carbons (Fsp3) is 0.441. The summed E-state index contributed by atoms with van der Waals surface area (Å²) < 4.78 is 11.7. The summed E-state index contributed by atoms with van der Waals surface area (Å²) in [7, 11) is 0. The molecule has 0 fully saturated rings. The van der Waals surface area contributed by atoms with Crippen LogP contribution in [0.3, 0.4) is 0 Å². The van der Waals surface area contributed by atoms with Gasteiger partial charge in [0.1, 0.15) is 11.5 Å². The smallest absolute Gasteiger partial charge is 0.343 e. The van der Waals surface area contributed by atoms with Gasteiger partial charge in [0, 0.05) is 0 Å². The predicted molar refractivity (Wildman–Crippen MR) is 155 cm³/mol. The van der Waals surface area contributed by atoms with Crippen molar-refractivity contribution in [3.63, 3.8) is 0 Å². The lowest BCUT2D eigenvalue weighted by Gasteiger charge is -2.15. The first kappa shape index (κ1) is 28.5. The first-order chi connectivity index (χ1) is 18.1. The molecule has 37 heavy (non-hydrogen) atoms. The summed E-state index contributed by atoms with van der Waals surface area (Å²) in [6.45, 7) is 6.61. The Morgan fingerprint density at radius 3 is 1.78 bits per heavy atom. The molecular formula is C34H44O3. The summed E-state index contributed by atoms with van der Waals surface area (Å²) in [5, 5.41) is 0. The van der Waals surface area contributed by atoms with Crippen molar-refractivity contribution in [3.05, 3.63) is 83.9 Å². The Morgan fingerprint density at radius 2 is 1.19 bits per heavy atom. The highest BCUT2D eigenvalue weighted by Gasteiger charge is 2.10. The average molecular weight is 501 g/mol. The highest BCUT2D eigenvalue weighted by Crippen LogP contribution is 2.26. The number of unbranched alkanes of at least 4 members (excludes halogenated alkanes) is 7. The first-order valence-electron chi connectivity index (χ1n) is 14.3. The fourth-order valence-corrected chi connectivity index (χ4v) is 4.50. The molecule has 198 valence electrons. The van der Waals surface area contributed by atoms with Crippen LogP contribution in [0.1, 0.15) is 101 Å². The van der Waals surface area contributed by atoms with Gasteiger partial charge in [0.25, 0.3) is 0 Å². The van der Waals surface area contributed by atoms with Gasteiger partial charge in [-0.3, -0.25) is 0 Å². The highest BCUT2D eigenvalue weighted by atomic mass is 16.5. The van der Waals surface area contributed by atoms with Crippen LogP contribution in [0.5, 0.6) is 11.5 Å². The van der Waals surface area contributed by atoms with Crippen molar-refractivity contribution < 1.29 is 14.3 Å². The van der Waals surface area contributed by atoms with Crippen LogP contribution >= 0.6 is 0 Å². The second kappa shape index (κ2) is 15.9. The van der Waals surface area contributed by atoms with E-state index in [1.165, 1.54) is 63.4 Å². The molecule has 0 radical (unpaired) electrons. The molecule has 0 aliphatic carbocycles. The SMILES string of the molecule is CCCCCCCc1ccc(C(=O)Oc2ccc(-c3ccc(O[C@@H](C)CCCCCC)cc3)cc2)cc1. The van der Waals surface area contributed by atoms with E-state index in [0.29, 0.717) is 11.3 Å². The zero-order valence-electron chi connectivity index (χ0n) is 23.0. The summed E-state index contributed by atoms with van der Waals surface area (Å²) in [5.74, 6) is 1.12. The van der Waals surface area contributed by atoms with E-state index in [-0.39, 0.29) is 12.1 Å². The molecule has 0 saturated carbocycles. The van der Waals surface area contributed by atoms with E-state index in [0.717, 1.165) is 29.7 Å². The third-order valence-corrected chi connectivity index (χ3v) is 6.81. The maximum absolute atomic E-state index is 12.6. The van der Waals surface area contributed by atoms with Crippen LogP contribution in [0.15, 0.2) is 72.8 Å². The number of carbonyl (C=O) groups excluding carboxylic acids is 1. The molecule has 3 rings (SSSR count). The predicted octanol–water partition coefficient (Wildman–Crippen LogP) is 9.82. The molecule has 0 aliphatic heterocycles. The molecule has 0 bridgehead atoms. The van der Waals surface area contributed by atoms with Crippen molar-refractivity contribution in [1.29, 1.82) is 0 Å². The van der Waals surface area contributed by atoms with Gasteiger partial charge in [-0.1, -0.05) is 95.2 Å². The number of aryl methyl sites for hydroxylation is 1. The van der Waals surface area contributed by atoms with Gasteiger partial charge in [0.2, 0.25) is 0 Å². The molecule has 3 nitrogen and oxygen atoms in total. The molecule has 3 aromatic carbocycles. The van der Waals surface area contributed by atoms with E-state index >= 15 is 0 Å². The monoisotopic (exact) mass is 500 g/mol. The van der Waals surface area contributed by atoms with Crippen LogP contribution in [0.4, 0.5) is 0 Å². The Labute approximate surface area is 224 Å². The third kappa shape index (κ3) is 10.1. The standard InChI is InChI=1S/C34H44O3/c1-4-6-8-10-12-14-28-15-17-31(18-16-28)34(35)37-33-25-21-30(22-26-33)29-19-23-32(24-20-29)36-27(3)13-11-9-7-5-2/h15-27H,4-14H2,1-3H3/t27-/m0/s1. The number of benzene rings is 3. The number of rotatable bonds is 16. The molecule has 0 aromatic heterocycles. The second-order valence-corrected chi connectivity index (χ2v) is 10.1. The number of hydrogen-bond donors (Lipinski definition) is 0. The summed E-state index contributed by atoms with van der Waals surface area (Å²) in [6.07, 6.45) is 13.8. The average Bonchev–Trinajstić information content (AvgIpc) is 2.92. The summed E-state index contributed by atoms with van der Waals surface area (Å²) in [4.78, 5) is 12.6. The Bertz CT molecular complexity index is 1040. The Balaban J connectivity index is 1.47. The minimum atomic E-state index is -0.326. The molecule has 3 heteroatoms. The van der Waals surface area contributed by atoms with Gasteiger partial charge in [-0.25, -0.2) is 4.79 Å². The minimum Gasteiger partial charge on any atom is -0.491 e. The second-order valence-electron chi connectivity index (χ2n) is 10.1. The molecule has 0 amide bonds. The molecule has 0 aliphatic rings. The lowest BCUT2D eigenvalue weighted by atomic mass is 10.0. The van der Waals surface area contributed by atoms with Crippen molar-refractivity contribution in [1.82, 2.24) is 0 Å². The summed E-state index contributed by atoms with van der Waals surface area (Å²) >= 11 is 0. The van der Waals surface area contributed by atoms with E-state index in [2.05, 4.69) is 32.9 Å². The topological polar surface area (TPSA) is 35.5 Å². The molecule has 0 unspecified atom stereocenters. The fourth-order valence-electron chi connectivity index (χ4n) is 4.50. The third-order valence-electron chi connectivity index (χ3n) is 6.81. The van der Waals surface area contributed by atoms with Crippen molar-refractivity contribution in [3.8, 4) is 22.6 Å². The van der Waals surface area contributed by atoms with E-state index in [9.17, 15) is 4.79 Å². The van der Waals surface area contributed by atoms with Crippen LogP contribution in [0.25, 0.3) is 11.1 Å². The maximum Gasteiger partial charge on any atom is 0.343 e. The molecular weight excluding hydrogens is 456 g/mol. The molecule has 3 aromatic rings. The van der Waals surface area contributed by atoms with Gasteiger partial charge in [-0.15, -0.1) is 0 Å². The number of ether oxygens (including phenoxy) is 2. The molecule has 0 saturated heterocycles. The lowest BCUT2D eigenvalue weighted by Crippen LogP contribution is -2.11. The number of hydrogen-bond acceptors (Lipinski definition) is 3. The molecule has 0 spiro atoms. The molecule has 0 heterocycles. The highest BCUT2D eigenvalue weighted by molar-refractivity contribution is 5.91. The van der Waals surface area contributed by atoms with Crippen LogP contribution in [0.2, 0.25) is 0 Å². The Morgan fingerprint density at radius 1 is 0.649 bits per heavy atom.